The van der Waals surface area contributed by atoms with Crippen molar-refractivity contribution in [2.45, 2.75) is 13.8 Å². The molecule has 0 aliphatic carbocycles. The molecule has 0 atom stereocenters. The number of rotatable bonds is 2. The molecular weight excluding hydrogens is 156 g/mol. The summed E-state index contributed by atoms with van der Waals surface area (Å²) in [5.41, 5.74) is 1.23. The molecule has 11 heavy (non-hydrogen) atoms. The van der Waals surface area contributed by atoms with E-state index >= 15 is 0 Å². The fourth-order valence-corrected chi connectivity index (χ4v) is 1.57. The molecule has 1 aromatic rings. The number of allylic oxidation sites excluding steroid dienone is 1. The number of hydrogen-bond acceptors (Lipinski definition) is 2. The van der Waals surface area contributed by atoms with Crippen LogP contribution in [0.25, 0.3) is 6.08 Å². The van der Waals surface area contributed by atoms with Crippen LogP contribution in [0.5, 0.6) is 0 Å². The second-order valence-corrected chi connectivity index (χ2v) is 3.36. The zero-order valence-corrected chi connectivity index (χ0v) is 7.44. The highest BCUT2D eigenvalue weighted by atomic mass is 32.1. The van der Waals surface area contributed by atoms with Crippen LogP contribution in [-0.4, -0.2) is 5.78 Å². The first-order valence-corrected chi connectivity index (χ1v) is 4.31. The van der Waals surface area contributed by atoms with E-state index in [0.717, 1.165) is 0 Å². The van der Waals surface area contributed by atoms with Crippen molar-refractivity contribution in [2.75, 3.05) is 0 Å². The van der Waals surface area contributed by atoms with E-state index in [9.17, 15) is 4.79 Å². The number of thiophene rings is 1. The third-order valence-electron chi connectivity index (χ3n) is 1.37. The predicted octanol–water partition coefficient (Wildman–Crippen LogP) is 2.66. The summed E-state index contributed by atoms with van der Waals surface area (Å²) in [7, 11) is 0. The van der Waals surface area contributed by atoms with Crippen LogP contribution in [0, 0.1) is 6.92 Å². The highest BCUT2D eigenvalue weighted by Crippen LogP contribution is 2.16. The molecule has 0 aliphatic heterocycles. The van der Waals surface area contributed by atoms with Crippen LogP contribution >= 0.6 is 11.3 Å². The van der Waals surface area contributed by atoms with Crippen LogP contribution in [0.4, 0.5) is 0 Å². The summed E-state index contributed by atoms with van der Waals surface area (Å²) in [5, 5.41) is 2.02. The Morgan fingerprint density at radius 1 is 1.64 bits per heavy atom. The van der Waals surface area contributed by atoms with Gasteiger partial charge in [-0.15, -0.1) is 11.3 Å². The fourth-order valence-electron chi connectivity index (χ4n) is 0.748. The lowest BCUT2D eigenvalue weighted by molar-refractivity contribution is -0.112. The number of ketones is 1. The molecule has 0 bridgehead atoms. The van der Waals surface area contributed by atoms with Crippen molar-refractivity contribution in [1.82, 2.24) is 0 Å². The standard InChI is InChI=1S/C9H10OS/c1-7-5-6-11-9(7)4-3-8(2)10/h3-6H,1-2H3. The highest BCUT2D eigenvalue weighted by Gasteiger charge is 1.93. The molecule has 0 unspecified atom stereocenters. The van der Waals surface area contributed by atoms with E-state index in [1.807, 2.05) is 24.4 Å². The summed E-state index contributed by atoms with van der Waals surface area (Å²) in [6.07, 6.45) is 3.46. The number of hydrogen-bond donors (Lipinski definition) is 0. The van der Waals surface area contributed by atoms with Gasteiger partial charge in [-0.2, -0.15) is 0 Å². The molecule has 0 fully saturated rings. The van der Waals surface area contributed by atoms with E-state index in [-0.39, 0.29) is 5.78 Å². The first kappa shape index (κ1) is 8.21. The van der Waals surface area contributed by atoms with Gasteiger partial charge in [0.15, 0.2) is 5.78 Å². The Morgan fingerprint density at radius 3 is 2.82 bits per heavy atom. The number of carbonyl (C=O) groups is 1. The normalized spacial score (nSPS) is 10.7. The van der Waals surface area contributed by atoms with E-state index in [1.165, 1.54) is 10.4 Å². The van der Waals surface area contributed by atoms with Crippen molar-refractivity contribution >= 4 is 23.2 Å². The van der Waals surface area contributed by atoms with Crippen molar-refractivity contribution in [1.29, 1.82) is 0 Å². The quantitative estimate of drug-likeness (QED) is 0.617. The lowest BCUT2D eigenvalue weighted by Gasteiger charge is -1.86. The summed E-state index contributed by atoms with van der Waals surface area (Å²) in [6.45, 7) is 3.59. The van der Waals surface area contributed by atoms with Gasteiger partial charge in [-0.05, 0) is 43.0 Å². The minimum absolute atomic E-state index is 0.0952. The predicted molar refractivity (Wildman–Crippen MR) is 48.8 cm³/mol. The zero-order chi connectivity index (χ0) is 8.27. The van der Waals surface area contributed by atoms with Crippen LogP contribution in [0.3, 0.4) is 0 Å². The van der Waals surface area contributed by atoms with E-state index in [2.05, 4.69) is 0 Å². The van der Waals surface area contributed by atoms with Gasteiger partial charge in [0, 0.05) is 4.88 Å². The molecule has 0 N–H and O–H groups in total. The molecule has 2 heteroatoms. The van der Waals surface area contributed by atoms with Crippen molar-refractivity contribution in [3.63, 3.8) is 0 Å². The second-order valence-electron chi connectivity index (χ2n) is 2.41. The molecule has 1 heterocycles. The summed E-state index contributed by atoms with van der Waals surface area (Å²) < 4.78 is 0. The topological polar surface area (TPSA) is 17.1 Å². The molecule has 0 saturated carbocycles. The second kappa shape index (κ2) is 3.49. The van der Waals surface area contributed by atoms with Gasteiger partial charge in [0.05, 0.1) is 0 Å². The highest BCUT2D eigenvalue weighted by molar-refractivity contribution is 7.11. The summed E-state index contributed by atoms with van der Waals surface area (Å²) in [6, 6.07) is 2.05. The number of carbonyl (C=O) groups excluding carboxylic acids is 1. The SMILES string of the molecule is CC(=O)C=Cc1sccc1C. The Kier molecular flexibility index (Phi) is 2.60. The summed E-state index contributed by atoms with van der Waals surface area (Å²) in [5.74, 6) is 0.0952. The summed E-state index contributed by atoms with van der Waals surface area (Å²) in [4.78, 5) is 11.7. The van der Waals surface area contributed by atoms with E-state index in [1.54, 1.807) is 24.3 Å². The van der Waals surface area contributed by atoms with Crippen molar-refractivity contribution in [3.05, 3.63) is 28.0 Å². The molecule has 0 aromatic carbocycles. The minimum Gasteiger partial charge on any atom is -0.295 e. The lowest BCUT2D eigenvalue weighted by Crippen LogP contribution is -1.78. The van der Waals surface area contributed by atoms with E-state index in [0.29, 0.717) is 0 Å². The van der Waals surface area contributed by atoms with Gasteiger partial charge >= 0.3 is 0 Å². The molecule has 58 valence electrons. The van der Waals surface area contributed by atoms with Gasteiger partial charge in [0.2, 0.25) is 0 Å². The third kappa shape index (κ3) is 2.31. The molecule has 1 nitrogen and oxygen atoms in total. The molecule has 0 saturated heterocycles. The Labute approximate surface area is 70.4 Å². The van der Waals surface area contributed by atoms with Crippen molar-refractivity contribution in [2.24, 2.45) is 0 Å². The molecule has 1 aromatic heterocycles. The van der Waals surface area contributed by atoms with Gasteiger partial charge in [-0.25, -0.2) is 0 Å². The Hall–Kier alpha value is -0.890. The van der Waals surface area contributed by atoms with Gasteiger partial charge in [0.1, 0.15) is 0 Å². The average molecular weight is 166 g/mol. The molecule has 0 amide bonds. The third-order valence-corrected chi connectivity index (χ3v) is 2.36. The molecule has 0 radical (unpaired) electrons. The van der Waals surface area contributed by atoms with Gasteiger partial charge in [-0.1, -0.05) is 0 Å². The Bertz CT molecular complexity index is 284. The fraction of sp³-hybridized carbons (Fsp3) is 0.222. The molecular formula is C9H10OS. The number of aryl methyl sites for hydroxylation is 1. The monoisotopic (exact) mass is 166 g/mol. The van der Waals surface area contributed by atoms with Crippen LogP contribution in [0.15, 0.2) is 17.5 Å². The maximum Gasteiger partial charge on any atom is 0.152 e. The minimum atomic E-state index is 0.0952. The van der Waals surface area contributed by atoms with Crippen molar-refractivity contribution in [3.8, 4) is 0 Å². The maximum atomic E-state index is 10.6. The average Bonchev–Trinajstić information content (AvgIpc) is 2.31. The smallest absolute Gasteiger partial charge is 0.152 e. The van der Waals surface area contributed by atoms with Gasteiger partial charge in [-0.3, -0.25) is 4.79 Å². The van der Waals surface area contributed by atoms with E-state index < -0.39 is 0 Å². The van der Waals surface area contributed by atoms with Crippen LogP contribution in [-0.2, 0) is 4.79 Å². The summed E-state index contributed by atoms with van der Waals surface area (Å²) >= 11 is 1.65. The zero-order valence-electron chi connectivity index (χ0n) is 6.63. The van der Waals surface area contributed by atoms with E-state index in [4.69, 9.17) is 0 Å². The first-order valence-electron chi connectivity index (χ1n) is 3.43. The van der Waals surface area contributed by atoms with Crippen LogP contribution in [0.1, 0.15) is 17.4 Å². The first-order chi connectivity index (χ1) is 5.20. The Balaban J connectivity index is 2.79. The Morgan fingerprint density at radius 2 is 2.36 bits per heavy atom. The maximum absolute atomic E-state index is 10.6. The lowest BCUT2D eigenvalue weighted by atomic mass is 10.2. The van der Waals surface area contributed by atoms with Crippen LogP contribution < -0.4 is 0 Å². The van der Waals surface area contributed by atoms with Gasteiger partial charge in [0.25, 0.3) is 0 Å². The van der Waals surface area contributed by atoms with Crippen LogP contribution in [0.2, 0.25) is 0 Å². The molecule has 0 aliphatic rings. The molecule has 1 rings (SSSR count). The van der Waals surface area contributed by atoms with Gasteiger partial charge < -0.3 is 0 Å². The van der Waals surface area contributed by atoms with Crippen molar-refractivity contribution < 1.29 is 4.79 Å². The molecule has 0 spiro atoms. The largest absolute Gasteiger partial charge is 0.295 e.